The summed E-state index contributed by atoms with van der Waals surface area (Å²) >= 11 is 0.949. The molecule has 0 spiro atoms. The SMILES string of the molecule is N=C(N)SC(=N)c1ccc2[nH]cc(-c3cccc(NC4CCCC4)n3)c2c1. The topological polar surface area (TPSA) is 114 Å². The van der Waals surface area contributed by atoms with Crippen LogP contribution in [0.1, 0.15) is 31.2 Å². The van der Waals surface area contributed by atoms with Gasteiger partial charge in [-0.3, -0.25) is 10.8 Å². The number of benzene rings is 1. The number of nitrogens with two attached hydrogens (primary N) is 1. The van der Waals surface area contributed by atoms with Gasteiger partial charge in [-0.2, -0.15) is 0 Å². The van der Waals surface area contributed by atoms with Crippen molar-refractivity contribution in [1.29, 1.82) is 10.8 Å². The van der Waals surface area contributed by atoms with E-state index in [9.17, 15) is 0 Å². The number of thioether (sulfide) groups is 1. The molecular weight excluding hydrogens is 356 g/mol. The van der Waals surface area contributed by atoms with Gasteiger partial charge in [0.05, 0.1) is 5.69 Å². The summed E-state index contributed by atoms with van der Waals surface area (Å²) in [5.74, 6) is 0.907. The summed E-state index contributed by atoms with van der Waals surface area (Å²) < 4.78 is 0. The molecule has 4 rings (SSSR count). The van der Waals surface area contributed by atoms with Crippen LogP contribution in [0.25, 0.3) is 22.2 Å². The third kappa shape index (κ3) is 3.83. The van der Waals surface area contributed by atoms with Gasteiger partial charge in [-0.15, -0.1) is 0 Å². The van der Waals surface area contributed by atoms with E-state index in [1.807, 2.05) is 42.6 Å². The molecule has 1 aliphatic rings. The van der Waals surface area contributed by atoms with Gasteiger partial charge in [0.15, 0.2) is 5.17 Å². The van der Waals surface area contributed by atoms with Crippen molar-refractivity contribution < 1.29 is 0 Å². The number of hydrogen-bond donors (Lipinski definition) is 5. The predicted octanol–water partition coefficient (Wildman–Crippen LogP) is 4.54. The number of aromatic amines is 1. The number of amidine groups is 1. The van der Waals surface area contributed by atoms with Crippen LogP contribution in [0.3, 0.4) is 0 Å². The molecule has 6 N–H and O–H groups in total. The van der Waals surface area contributed by atoms with Crippen molar-refractivity contribution >= 4 is 38.7 Å². The molecule has 0 bridgehead atoms. The van der Waals surface area contributed by atoms with Crippen LogP contribution in [-0.2, 0) is 0 Å². The zero-order valence-corrected chi connectivity index (χ0v) is 15.7. The first-order valence-electron chi connectivity index (χ1n) is 9.06. The van der Waals surface area contributed by atoms with Crippen LogP contribution < -0.4 is 11.1 Å². The van der Waals surface area contributed by atoms with Crippen molar-refractivity contribution in [3.05, 3.63) is 48.2 Å². The van der Waals surface area contributed by atoms with Gasteiger partial charge in [-0.05, 0) is 48.9 Å². The Hall–Kier alpha value is -2.80. The molecule has 138 valence electrons. The number of H-pyrrole nitrogens is 1. The summed E-state index contributed by atoms with van der Waals surface area (Å²) in [5, 5.41) is 20.2. The Morgan fingerprint density at radius 1 is 1.19 bits per heavy atom. The highest BCUT2D eigenvalue weighted by Gasteiger charge is 2.16. The Bertz CT molecular complexity index is 1000. The van der Waals surface area contributed by atoms with Gasteiger partial charge in [0.25, 0.3) is 0 Å². The van der Waals surface area contributed by atoms with Crippen LogP contribution in [0, 0.1) is 10.8 Å². The zero-order chi connectivity index (χ0) is 18.8. The van der Waals surface area contributed by atoms with Crippen molar-refractivity contribution in [2.75, 3.05) is 5.32 Å². The van der Waals surface area contributed by atoms with E-state index in [2.05, 4.69) is 10.3 Å². The second-order valence-corrected chi connectivity index (χ2v) is 7.84. The van der Waals surface area contributed by atoms with Gasteiger partial charge >= 0.3 is 0 Å². The lowest BCUT2D eigenvalue weighted by molar-refractivity contribution is 0.751. The normalized spacial score (nSPS) is 14.5. The van der Waals surface area contributed by atoms with E-state index in [1.165, 1.54) is 25.7 Å². The highest BCUT2D eigenvalue weighted by atomic mass is 32.2. The Labute approximate surface area is 162 Å². The first-order valence-corrected chi connectivity index (χ1v) is 9.88. The van der Waals surface area contributed by atoms with E-state index in [1.54, 1.807) is 0 Å². The molecule has 0 saturated heterocycles. The lowest BCUT2D eigenvalue weighted by Crippen LogP contribution is -2.15. The molecule has 27 heavy (non-hydrogen) atoms. The number of rotatable bonds is 4. The second kappa shape index (κ2) is 7.44. The van der Waals surface area contributed by atoms with Gasteiger partial charge < -0.3 is 16.0 Å². The molecule has 3 aromatic rings. The van der Waals surface area contributed by atoms with E-state index < -0.39 is 0 Å². The number of anilines is 1. The van der Waals surface area contributed by atoms with Gasteiger partial charge in [-0.1, -0.05) is 25.0 Å². The summed E-state index contributed by atoms with van der Waals surface area (Å²) in [4.78, 5) is 8.09. The Morgan fingerprint density at radius 3 is 2.78 bits per heavy atom. The molecule has 0 unspecified atom stereocenters. The zero-order valence-electron chi connectivity index (χ0n) is 14.9. The van der Waals surface area contributed by atoms with E-state index in [4.69, 9.17) is 21.5 Å². The maximum Gasteiger partial charge on any atom is 0.157 e. The van der Waals surface area contributed by atoms with Crippen molar-refractivity contribution in [2.45, 2.75) is 31.7 Å². The molecule has 0 radical (unpaired) electrons. The number of aromatic nitrogens is 2. The van der Waals surface area contributed by atoms with Crippen LogP contribution in [0.15, 0.2) is 42.6 Å². The smallest absolute Gasteiger partial charge is 0.157 e. The summed E-state index contributed by atoms with van der Waals surface area (Å²) in [5.41, 5.74) is 9.04. The molecule has 1 fully saturated rings. The van der Waals surface area contributed by atoms with Crippen LogP contribution in [0.2, 0.25) is 0 Å². The Kier molecular flexibility index (Phi) is 4.85. The number of nitrogens with one attached hydrogen (secondary N) is 4. The first-order chi connectivity index (χ1) is 13.1. The van der Waals surface area contributed by atoms with Crippen LogP contribution in [0.5, 0.6) is 0 Å². The lowest BCUT2D eigenvalue weighted by Gasteiger charge is -2.13. The molecule has 0 amide bonds. The van der Waals surface area contributed by atoms with E-state index in [0.29, 0.717) is 6.04 Å². The van der Waals surface area contributed by atoms with E-state index in [0.717, 1.165) is 45.3 Å². The molecule has 0 atom stereocenters. The molecule has 7 heteroatoms. The maximum absolute atomic E-state index is 8.13. The molecule has 2 heterocycles. The Balaban J connectivity index is 1.66. The summed E-state index contributed by atoms with van der Waals surface area (Å²) in [6.45, 7) is 0. The van der Waals surface area contributed by atoms with Crippen LogP contribution in [0.4, 0.5) is 5.82 Å². The van der Waals surface area contributed by atoms with Gasteiger partial charge in [0, 0.05) is 34.3 Å². The minimum Gasteiger partial charge on any atom is -0.378 e. The maximum atomic E-state index is 8.13. The number of hydrogen-bond acceptors (Lipinski definition) is 5. The Morgan fingerprint density at radius 2 is 2.00 bits per heavy atom. The fraction of sp³-hybridized carbons (Fsp3) is 0.250. The first kappa shape index (κ1) is 17.6. The molecular formula is C20H22N6S. The van der Waals surface area contributed by atoms with Crippen molar-refractivity contribution in [3.63, 3.8) is 0 Å². The van der Waals surface area contributed by atoms with Gasteiger partial charge in [0.2, 0.25) is 0 Å². The quantitative estimate of drug-likeness (QED) is 0.339. The predicted molar refractivity (Wildman–Crippen MR) is 114 cm³/mol. The number of nitrogens with zero attached hydrogens (tertiary/aromatic N) is 1. The van der Waals surface area contributed by atoms with E-state index in [-0.39, 0.29) is 10.2 Å². The standard InChI is InChI=1S/C20H22N6S/c21-19(27-20(22)23)12-8-9-16-14(10-12)15(11-24-16)17-6-3-7-18(26-17)25-13-4-1-2-5-13/h3,6-11,13,21,24H,1-2,4-5H2,(H3,22,23)(H,25,26). The third-order valence-corrected chi connectivity index (χ3v) is 5.55. The molecule has 0 aliphatic heterocycles. The molecule has 1 aliphatic carbocycles. The summed E-state index contributed by atoms with van der Waals surface area (Å²) in [6.07, 6.45) is 6.94. The summed E-state index contributed by atoms with van der Waals surface area (Å²) in [7, 11) is 0. The van der Waals surface area contributed by atoms with Gasteiger partial charge in [-0.25, -0.2) is 4.98 Å². The highest BCUT2D eigenvalue weighted by Crippen LogP contribution is 2.30. The monoisotopic (exact) mass is 378 g/mol. The minimum absolute atomic E-state index is 0.0817. The molecule has 1 saturated carbocycles. The molecule has 2 aromatic heterocycles. The molecule has 6 nitrogen and oxygen atoms in total. The minimum atomic E-state index is -0.0817. The number of fused-ring (bicyclic) bond motifs is 1. The van der Waals surface area contributed by atoms with Crippen LogP contribution >= 0.6 is 11.8 Å². The average molecular weight is 379 g/mol. The summed E-state index contributed by atoms with van der Waals surface area (Å²) in [6, 6.07) is 12.3. The van der Waals surface area contributed by atoms with Crippen molar-refractivity contribution in [1.82, 2.24) is 9.97 Å². The average Bonchev–Trinajstić information content (AvgIpc) is 3.30. The fourth-order valence-electron chi connectivity index (χ4n) is 3.59. The van der Waals surface area contributed by atoms with Crippen LogP contribution in [-0.4, -0.2) is 26.2 Å². The van der Waals surface area contributed by atoms with E-state index >= 15 is 0 Å². The number of pyridine rings is 1. The highest BCUT2D eigenvalue weighted by molar-refractivity contribution is 8.26. The third-order valence-electron chi connectivity index (χ3n) is 4.89. The van der Waals surface area contributed by atoms with Crippen molar-refractivity contribution in [2.24, 2.45) is 5.73 Å². The lowest BCUT2D eigenvalue weighted by atomic mass is 10.1. The largest absolute Gasteiger partial charge is 0.378 e. The molecule has 1 aromatic carbocycles. The fourth-order valence-corrected chi connectivity index (χ4v) is 4.05. The van der Waals surface area contributed by atoms with Crippen molar-refractivity contribution in [3.8, 4) is 11.3 Å². The van der Waals surface area contributed by atoms with Gasteiger partial charge in [0.1, 0.15) is 10.9 Å². The second-order valence-electron chi connectivity index (χ2n) is 6.79.